The molecule has 1 aromatic carbocycles. The molecule has 1 nitrogen and oxygen atoms in total. The van der Waals surface area contributed by atoms with Crippen LogP contribution in [0.2, 0.25) is 0 Å². The summed E-state index contributed by atoms with van der Waals surface area (Å²) >= 11 is 1.87. The highest BCUT2D eigenvalue weighted by molar-refractivity contribution is 7.98. The summed E-state index contributed by atoms with van der Waals surface area (Å²) in [5.74, 6) is 3.82. The van der Waals surface area contributed by atoms with Crippen LogP contribution in [0.3, 0.4) is 0 Å². The molecule has 0 radical (unpaired) electrons. The third-order valence-electron chi connectivity index (χ3n) is 1.88. The summed E-state index contributed by atoms with van der Waals surface area (Å²) in [5.41, 5.74) is 2.04. The van der Waals surface area contributed by atoms with Gasteiger partial charge in [-0.2, -0.15) is 11.8 Å². The van der Waals surface area contributed by atoms with Crippen LogP contribution in [-0.2, 0) is 0 Å². The second-order valence-corrected chi connectivity index (χ2v) is 3.98. The molecule has 1 N–H and O–H groups in total. The third kappa shape index (κ3) is 3.76. The Balaban J connectivity index is 2.39. The Kier molecular flexibility index (Phi) is 5.03. The Morgan fingerprint density at radius 1 is 1.50 bits per heavy atom. The van der Waals surface area contributed by atoms with E-state index in [-0.39, 0.29) is 0 Å². The highest BCUT2D eigenvalue weighted by Gasteiger charge is 1.92. The fourth-order valence-corrected chi connectivity index (χ4v) is 1.60. The van der Waals surface area contributed by atoms with Crippen molar-refractivity contribution in [1.82, 2.24) is 0 Å². The zero-order chi connectivity index (χ0) is 10.2. The summed E-state index contributed by atoms with van der Waals surface area (Å²) in [6.07, 6.45) is 8.62. The van der Waals surface area contributed by atoms with Gasteiger partial charge in [0.2, 0.25) is 0 Å². The Morgan fingerprint density at radius 3 is 3.07 bits per heavy atom. The minimum Gasteiger partial charge on any atom is -0.385 e. The van der Waals surface area contributed by atoms with Crippen LogP contribution in [0.15, 0.2) is 24.3 Å². The van der Waals surface area contributed by atoms with Crippen molar-refractivity contribution in [3.8, 4) is 12.3 Å². The van der Waals surface area contributed by atoms with Crippen molar-refractivity contribution in [3.05, 3.63) is 29.8 Å². The Labute approximate surface area is 90.3 Å². The summed E-state index contributed by atoms with van der Waals surface area (Å²) in [6.45, 7) is 1.01. The summed E-state index contributed by atoms with van der Waals surface area (Å²) in [5, 5.41) is 3.35. The van der Waals surface area contributed by atoms with Gasteiger partial charge < -0.3 is 5.32 Å². The molecule has 0 amide bonds. The number of nitrogens with one attached hydrogen (secondary N) is 1. The van der Waals surface area contributed by atoms with Crippen molar-refractivity contribution in [1.29, 1.82) is 0 Å². The lowest BCUT2D eigenvalue weighted by molar-refractivity contribution is 0.993. The standard InChI is InChI=1S/C12H15NS/c1-3-11-6-4-7-12(10-11)13-8-5-9-14-2/h1,4,6-7,10,13H,5,8-9H2,2H3. The second kappa shape index (κ2) is 6.39. The lowest BCUT2D eigenvalue weighted by Crippen LogP contribution is -2.02. The molecule has 2 heteroatoms. The van der Waals surface area contributed by atoms with Gasteiger partial charge in [-0.15, -0.1) is 6.42 Å². The lowest BCUT2D eigenvalue weighted by Gasteiger charge is -2.05. The molecule has 0 aromatic heterocycles. The van der Waals surface area contributed by atoms with E-state index in [1.54, 1.807) is 0 Å². The van der Waals surface area contributed by atoms with Crippen LogP contribution in [0.5, 0.6) is 0 Å². The maximum Gasteiger partial charge on any atom is 0.0352 e. The quantitative estimate of drug-likeness (QED) is 0.586. The zero-order valence-electron chi connectivity index (χ0n) is 8.42. The van der Waals surface area contributed by atoms with E-state index in [9.17, 15) is 0 Å². The number of hydrogen-bond donors (Lipinski definition) is 1. The van der Waals surface area contributed by atoms with Gasteiger partial charge >= 0.3 is 0 Å². The van der Waals surface area contributed by atoms with Crippen LogP contribution in [0.4, 0.5) is 5.69 Å². The highest BCUT2D eigenvalue weighted by Crippen LogP contribution is 2.09. The number of anilines is 1. The van der Waals surface area contributed by atoms with Gasteiger partial charge in [0.15, 0.2) is 0 Å². The Morgan fingerprint density at radius 2 is 2.36 bits per heavy atom. The topological polar surface area (TPSA) is 12.0 Å². The molecule has 0 spiro atoms. The molecule has 0 bridgehead atoms. The molecule has 0 fully saturated rings. The first-order valence-corrected chi connectivity index (χ1v) is 6.05. The summed E-state index contributed by atoms with van der Waals surface area (Å²) in [7, 11) is 0. The molecule has 74 valence electrons. The van der Waals surface area contributed by atoms with Gasteiger partial charge in [-0.1, -0.05) is 12.0 Å². The number of thioether (sulfide) groups is 1. The van der Waals surface area contributed by atoms with Crippen LogP contribution in [0, 0.1) is 12.3 Å². The van der Waals surface area contributed by atoms with Crippen LogP contribution < -0.4 is 5.32 Å². The highest BCUT2D eigenvalue weighted by atomic mass is 32.2. The zero-order valence-corrected chi connectivity index (χ0v) is 9.23. The maximum absolute atomic E-state index is 5.31. The normalized spacial score (nSPS) is 9.43. The van der Waals surface area contributed by atoms with Gasteiger partial charge in [0, 0.05) is 17.8 Å². The van der Waals surface area contributed by atoms with Crippen LogP contribution in [0.1, 0.15) is 12.0 Å². The van der Waals surface area contributed by atoms with Crippen molar-refractivity contribution in [3.63, 3.8) is 0 Å². The minimum atomic E-state index is 0.930. The molecule has 0 aliphatic heterocycles. The number of benzene rings is 1. The molecule has 0 atom stereocenters. The average Bonchev–Trinajstić information content (AvgIpc) is 2.25. The van der Waals surface area contributed by atoms with E-state index in [1.165, 1.54) is 12.2 Å². The molecule has 0 saturated carbocycles. The predicted octanol–water partition coefficient (Wildman–Crippen LogP) is 2.83. The summed E-state index contributed by atoms with van der Waals surface area (Å²) in [6, 6.07) is 7.96. The SMILES string of the molecule is C#Cc1cccc(NCCCSC)c1. The van der Waals surface area contributed by atoms with E-state index < -0.39 is 0 Å². The molecule has 14 heavy (non-hydrogen) atoms. The molecular formula is C12H15NS. The van der Waals surface area contributed by atoms with E-state index in [1.807, 2.05) is 36.0 Å². The minimum absolute atomic E-state index is 0.930. The van der Waals surface area contributed by atoms with E-state index in [0.29, 0.717) is 0 Å². The fourth-order valence-electron chi connectivity index (χ4n) is 1.17. The first-order chi connectivity index (χ1) is 6.86. The van der Waals surface area contributed by atoms with Crippen LogP contribution >= 0.6 is 11.8 Å². The van der Waals surface area contributed by atoms with Crippen molar-refractivity contribution in [2.24, 2.45) is 0 Å². The number of hydrogen-bond acceptors (Lipinski definition) is 2. The second-order valence-electron chi connectivity index (χ2n) is 3.00. The van der Waals surface area contributed by atoms with Crippen molar-refractivity contribution in [2.75, 3.05) is 23.9 Å². The number of rotatable bonds is 5. The van der Waals surface area contributed by atoms with E-state index >= 15 is 0 Å². The molecule has 0 unspecified atom stereocenters. The van der Waals surface area contributed by atoms with Crippen LogP contribution in [-0.4, -0.2) is 18.6 Å². The largest absolute Gasteiger partial charge is 0.385 e. The smallest absolute Gasteiger partial charge is 0.0352 e. The van der Waals surface area contributed by atoms with Crippen molar-refractivity contribution >= 4 is 17.4 Å². The maximum atomic E-state index is 5.31. The molecule has 0 aliphatic carbocycles. The van der Waals surface area contributed by atoms with Crippen molar-refractivity contribution < 1.29 is 0 Å². The van der Waals surface area contributed by atoms with E-state index in [4.69, 9.17) is 6.42 Å². The molecule has 1 aromatic rings. The molecular weight excluding hydrogens is 190 g/mol. The van der Waals surface area contributed by atoms with Gasteiger partial charge in [0.05, 0.1) is 0 Å². The fraction of sp³-hybridized carbons (Fsp3) is 0.333. The lowest BCUT2D eigenvalue weighted by atomic mass is 10.2. The summed E-state index contributed by atoms with van der Waals surface area (Å²) in [4.78, 5) is 0. The predicted molar refractivity (Wildman–Crippen MR) is 65.9 cm³/mol. The average molecular weight is 205 g/mol. The van der Waals surface area contributed by atoms with Gasteiger partial charge in [-0.05, 0) is 36.6 Å². The van der Waals surface area contributed by atoms with Gasteiger partial charge in [-0.25, -0.2) is 0 Å². The Hall–Kier alpha value is -1.07. The third-order valence-corrected chi connectivity index (χ3v) is 2.58. The summed E-state index contributed by atoms with van der Waals surface area (Å²) < 4.78 is 0. The molecule has 0 aliphatic rings. The Bertz CT molecular complexity index is 314. The van der Waals surface area contributed by atoms with Crippen LogP contribution in [0.25, 0.3) is 0 Å². The first-order valence-electron chi connectivity index (χ1n) is 4.66. The number of terminal acetylenes is 1. The van der Waals surface area contributed by atoms with E-state index in [2.05, 4.69) is 17.5 Å². The van der Waals surface area contributed by atoms with Gasteiger partial charge in [0.1, 0.15) is 0 Å². The van der Waals surface area contributed by atoms with E-state index in [0.717, 1.165) is 17.8 Å². The van der Waals surface area contributed by atoms with Gasteiger partial charge in [0.25, 0.3) is 0 Å². The molecule has 0 heterocycles. The first kappa shape index (κ1) is 11.0. The van der Waals surface area contributed by atoms with Gasteiger partial charge in [-0.3, -0.25) is 0 Å². The molecule has 0 saturated heterocycles. The van der Waals surface area contributed by atoms with Crippen molar-refractivity contribution in [2.45, 2.75) is 6.42 Å². The molecule has 1 rings (SSSR count). The monoisotopic (exact) mass is 205 g/mol.